The molecule has 1 fully saturated rings. The maximum atomic E-state index is 12.0. The van der Waals surface area contributed by atoms with Gasteiger partial charge >= 0.3 is 12.0 Å². The van der Waals surface area contributed by atoms with Gasteiger partial charge in [0.05, 0.1) is 17.3 Å². The number of para-hydroxylation sites is 1. The van der Waals surface area contributed by atoms with E-state index in [1.807, 2.05) is 0 Å². The number of amides is 3. The first-order valence-electron chi connectivity index (χ1n) is 9.71. The van der Waals surface area contributed by atoms with Crippen LogP contribution in [0.5, 0.6) is 0 Å². The van der Waals surface area contributed by atoms with Crippen LogP contribution >= 0.6 is 0 Å². The van der Waals surface area contributed by atoms with Crippen molar-refractivity contribution in [3.63, 3.8) is 0 Å². The Morgan fingerprint density at radius 1 is 1.24 bits per heavy atom. The fraction of sp³-hybridized carbons (Fsp3) is 0.450. The van der Waals surface area contributed by atoms with Crippen LogP contribution in [0.15, 0.2) is 29.1 Å². The second-order valence-corrected chi connectivity index (χ2v) is 7.11. The Bertz CT molecular complexity index is 965. The molecule has 0 saturated heterocycles. The molecule has 1 aromatic heterocycles. The number of hydrogen-bond acceptors (Lipinski definition) is 6. The number of aromatic nitrogens is 2. The van der Waals surface area contributed by atoms with E-state index < -0.39 is 24.0 Å². The third-order valence-corrected chi connectivity index (χ3v) is 4.83. The SMILES string of the molecule is C[C@@H](OC(=O)CCc1nc2ccccc2c(=O)[nH]1)C(=O)NC(=O)NC1CCCC1. The van der Waals surface area contributed by atoms with Gasteiger partial charge in [-0.25, -0.2) is 9.78 Å². The standard InChI is InChI=1S/C20H24N4O5/c1-12(18(26)24-20(28)21-13-6-2-3-7-13)29-17(25)11-10-16-22-15-9-5-4-8-14(15)19(27)23-16/h4-5,8-9,12-13H,2-3,6-7,10-11H2,1H3,(H,22,23,27)(H2,21,24,26,28)/t12-/m1/s1. The predicted octanol–water partition coefficient (Wildman–Crippen LogP) is 1.56. The minimum atomic E-state index is -1.11. The van der Waals surface area contributed by atoms with Crippen molar-refractivity contribution in [3.05, 3.63) is 40.4 Å². The number of benzene rings is 1. The number of ether oxygens (including phenoxy) is 1. The van der Waals surface area contributed by atoms with E-state index in [0.717, 1.165) is 25.7 Å². The van der Waals surface area contributed by atoms with Gasteiger partial charge in [0, 0.05) is 12.5 Å². The maximum Gasteiger partial charge on any atom is 0.321 e. The lowest BCUT2D eigenvalue weighted by Gasteiger charge is -2.15. The highest BCUT2D eigenvalue weighted by atomic mass is 16.5. The molecule has 9 heteroatoms. The molecule has 29 heavy (non-hydrogen) atoms. The topological polar surface area (TPSA) is 130 Å². The lowest BCUT2D eigenvalue weighted by molar-refractivity contribution is -0.154. The average molecular weight is 400 g/mol. The predicted molar refractivity (Wildman–Crippen MR) is 105 cm³/mol. The number of hydrogen-bond donors (Lipinski definition) is 3. The molecule has 0 aliphatic heterocycles. The van der Waals surface area contributed by atoms with Crippen LogP contribution < -0.4 is 16.2 Å². The smallest absolute Gasteiger partial charge is 0.321 e. The molecular formula is C20H24N4O5. The van der Waals surface area contributed by atoms with Crippen molar-refractivity contribution >= 4 is 28.8 Å². The Kier molecular flexibility index (Phi) is 6.58. The molecule has 1 aliphatic carbocycles. The van der Waals surface area contributed by atoms with E-state index in [2.05, 4.69) is 20.6 Å². The van der Waals surface area contributed by atoms with Gasteiger partial charge in [-0.05, 0) is 31.9 Å². The van der Waals surface area contributed by atoms with E-state index in [0.29, 0.717) is 16.7 Å². The summed E-state index contributed by atoms with van der Waals surface area (Å²) in [5.41, 5.74) is 0.264. The normalized spacial score (nSPS) is 15.1. The fourth-order valence-corrected chi connectivity index (χ4v) is 3.29. The van der Waals surface area contributed by atoms with Gasteiger partial charge in [-0.1, -0.05) is 25.0 Å². The summed E-state index contributed by atoms with van der Waals surface area (Å²) >= 11 is 0. The Balaban J connectivity index is 1.46. The number of urea groups is 1. The van der Waals surface area contributed by atoms with Crippen LogP contribution in [0.1, 0.15) is 44.9 Å². The summed E-state index contributed by atoms with van der Waals surface area (Å²) < 4.78 is 5.07. The van der Waals surface area contributed by atoms with E-state index in [1.165, 1.54) is 6.92 Å². The number of fused-ring (bicyclic) bond motifs is 1. The summed E-state index contributed by atoms with van der Waals surface area (Å²) in [6, 6.07) is 6.41. The average Bonchev–Trinajstić information content (AvgIpc) is 3.19. The lowest BCUT2D eigenvalue weighted by atomic mass is 10.2. The van der Waals surface area contributed by atoms with Gasteiger partial charge in [0.2, 0.25) is 0 Å². The Hall–Kier alpha value is -3.23. The van der Waals surface area contributed by atoms with E-state index >= 15 is 0 Å². The van der Waals surface area contributed by atoms with Crippen LogP contribution in [-0.2, 0) is 20.7 Å². The van der Waals surface area contributed by atoms with Gasteiger partial charge in [-0.15, -0.1) is 0 Å². The monoisotopic (exact) mass is 400 g/mol. The second kappa shape index (κ2) is 9.31. The maximum absolute atomic E-state index is 12.0. The van der Waals surface area contributed by atoms with Gasteiger partial charge in [-0.3, -0.25) is 19.7 Å². The number of aromatic amines is 1. The number of carbonyl (C=O) groups excluding carboxylic acids is 3. The number of rotatable bonds is 6. The first-order chi connectivity index (χ1) is 13.9. The van der Waals surface area contributed by atoms with Gasteiger partial charge in [0.15, 0.2) is 6.10 Å². The largest absolute Gasteiger partial charge is 0.453 e. The van der Waals surface area contributed by atoms with Crippen molar-refractivity contribution in [2.75, 3.05) is 0 Å². The first kappa shape index (κ1) is 20.5. The highest BCUT2D eigenvalue weighted by Gasteiger charge is 2.22. The van der Waals surface area contributed by atoms with Crippen LogP contribution in [0.4, 0.5) is 4.79 Å². The molecule has 1 atom stereocenters. The number of aryl methyl sites for hydroxylation is 1. The summed E-state index contributed by atoms with van der Waals surface area (Å²) in [5, 5.41) is 5.39. The fourth-order valence-electron chi connectivity index (χ4n) is 3.29. The number of esters is 1. The Morgan fingerprint density at radius 2 is 1.97 bits per heavy atom. The van der Waals surface area contributed by atoms with Gasteiger partial charge in [-0.2, -0.15) is 0 Å². The Labute approximate surface area is 167 Å². The van der Waals surface area contributed by atoms with E-state index in [4.69, 9.17) is 4.74 Å². The molecule has 1 saturated carbocycles. The van der Waals surface area contributed by atoms with Crippen molar-refractivity contribution in [3.8, 4) is 0 Å². The summed E-state index contributed by atoms with van der Waals surface area (Å²) in [6.07, 6.45) is 2.91. The highest BCUT2D eigenvalue weighted by Crippen LogP contribution is 2.17. The zero-order valence-corrected chi connectivity index (χ0v) is 16.2. The van der Waals surface area contributed by atoms with Crippen LogP contribution in [0.25, 0.3) is 10.9 Å². The van der Waals surface area contributed by atoms with E-state index in [9.17, 15) is 19.2 Å². The quantitative estimate of drug-likeness (QED) is 0.631. The van der Waals surface area contributed by atoms with Crippen molar-refractivity contribution in [1.82, 2.24) is 20.6 Å². The molecule has 9 nitrogen and oxygen atoms in total. The van der Waals surface area contributed by atoms with Crippen LogP contribution in [0.3, 0.4) is 0 Å². The van der Waals surface area contributed by atoms with Gasteiger partial charge < -0.3 is 15.0 Å². The van der Waals surface area contributed by atoms with Gasteiger partial charge in [0.1, 0.15) is 5.82 Å². The van der Waals surface area contributed by atoms with Crippen LogP contribution in [-0.4, -0.2) is 40.0 Å². The second-order valence-electron chi connectivity index (χ2n) is 7.11. The number of nitrogens with one attached hydrogen (secondary N) is 3. The minimum absolute atomic E-state index is 0.0623. The van der Waals surface area contributed by atoms with Crippen molar-refractivity contribution in [2.24, 2.45) is 0 Å². The lowest BCUT2D eigenvalue weighted by Crippen LogP contribution is -2.47. The third-order valence-electron chi connectivity index (χ3n) is 4.83. The first-order valence-corrected chi connectivity index (χ1v) is 9.71. The highest BCUT2D eigenvalue weighted by molar-refractivity contribution is 5.97. The molecule has 2 aromatic rings. The molecule has 0 bridgehead atoms. The summed E-state index contributed by atoms with van der Waals surface area (Å²) in [5.74, 6) is -0.954. The molecule has 3 amide bonds. The number of imide groups is 1. The zero-order chi connectivity index (χ0) is 20.8. The van der Waals surface area contributed by atoms with E-state index in [1.54, 1.807) is 24.3 Å². The number of H-pyrrole nitrogens is 1. The minimum Gasteiger partial charge on any atom is -0.453 e. The molecule has 154 valence electrons. The molecule has 0 radical (unpaired) electrons. The molecule has 0 unspecified atom stereocenters. The molecule has 1 heterocycles. The summed E-state index contributed by atoms with van der Waals surface area (Å²) in [6.45, 7) is 1.40. The van der Waals surface area contributed by atoms with Crippen molar-refractivity contribution in [1.29, 1.82) is 0 Å². The third kappa shape index (κ3) is 5.63. The molecule has 1 aliphatic rings. The van der Waals surface area contributed by atoms with Crippen molar-refractivity contribution < 1.29 is 19.1 Å². The van der Waals surface area contributed by atoms with Crippen molar-refractivity contribution in [2.45, 2.75) is 57.6 Å². The summed E-state index contributed by atoms with van der Waals surface area (Å²) in [7, 11) is 0. The zero-order valence-electron chi connectivity index (χ0n) is 16.2. The molecular weight excluding hydrogens is 376 g/mol. The number of nitrogens with zero attached hydrogens (tertiary/aromatic N) is 1. The van der Waals surface area contributed by atoms with Crippen LogP contribution in [0, 0.1) is 0 Å². The van der Waals surface area contributed by atoms with E-state index in [-0.39, 0.29) is 24.4 Å². The van der Waals surface area contributed by atoms with Gasteiger partial charge in [0.25, 0.3) is 11.5 Å². The molecule has 3 rings (SSSR count). The Morgan fingerprint density at radius 3 is 2.72 bits per heavy atom. The molecule has 1 aromatic carbocycles. The summed E-state index contributed by atoms with van der Waals surface area (Å²) in [4.78, 5) is 54.9. The van der Waals surface area contributed by atoms with Crippen LogP contribution in [0.2, 0.25) is 0 Å². The number of carbonyl (C=O) groups is 3. The molecule has 0 spiro atoms. The molecule has 3 N–H and O–H groups in total.